The van der Waals surface area contributed by atoms with Crippen molar-refractivity contribution >= 4 is 5.91 Å². The lowest BCUT2D eigenvalue weighted by Crippen LogP contribution is -2.56. The smallest absolute Gasteiger partial charge is 0.234 e. The number of hydrogen-bond donors (Lipinski definition) is 3. The van der Waals surface area contributed by atoms with E-state index in [1.807, 2.05) is 35.2 Å². The van der Waals surface area contributed by atoms with Crippen molar-refractivity contribution in [1.29, 1.82) is 0 Å². The van der Waals surface area contributed by atoms with Gasteiger partial charge < -0.3 is 15.5 Å². The molecule has 0 saturated carbocycles. The number of rotatable bonds is 7. The van der Waals surface area contributed by atoms with E-state index < -0.39 is 11.5 Å². The highest BCUT2D eigenvalue weighted by Crippen LogP contribution is 2.33. The first-order chi connectivity index (χ1) is 13.5. The zero-order valence-corrected chi connectivity index (χ0v) is 15.9. The molecule has 3 rings (SSSR count). The average molecular weight is 386 g/mol. The molecule has 1 heterocycles. The lowest BCUT2D eigenvalue weighted by molar-refractivity contribution is -0.126. The summed E-state index contributed by atoms with van der Waals surface area (Å²) >= 11 is 0. The van der Waals surface area contributed by atoms with E-state index in [1.165, 1.54) is 6.07 Å². The number of aliphatic hydroxyl groups excluding tert-OH is 2. The van der Waals surface area contributed by atoms with Gasteiger partial charge in [-0.1, -0.05) is 48.5 Å². The Morgan fingerprint density at radius 1 is 1.18 bits per heavy atom. The SMILES string of the molecule is O=C(CN1CC[C@H](O)[C@](CO)(Cc2ccccc2)C1)NCc1ccccc1F. The molecule has 1 aliphatic rings. The number of piperidine rings is 1. The van der Waals surface area contributed by atoms with Crippen LogP contribution in [0.5, 0.6) is 0 Å². The second-order valence-corrected chi connectivity index (χ2v) is 7.57. The summed E-state index contributed by atoms with van der Waals surface area (Å²) in [7, 11) is 0. The largest absolute Gasteiger partial charge is 0.396 e. The van der Waals surface area contributed by atoms with Crippen molar-refractivity contribution in [3.8, 4) is 0 Å². The van der Waals surface area contributed by atoms with Crippen molar-refractivity contribution in [3.63, 3.8) is 0 Å². The van der Waals surface area contributed by atoms with Gasteiger partial charge in [-0.2, -0.15) is 0 Å². The van der Waals surface area contributed by atoms with Crippen LogP contribution in [0.25, 0.3) is 0 Å². The standard InChI is InChI=1S/C22H27FN2O3/c23-19-9-5-4-8-18(19)13-24-21(28)14-25-11-10-20(27)22(15-25,16-26)12-17-6-2-1-3-7-17/h1-9,20,26-27H,10-16H2,(H,24,28)/t20-,22+/m0/s1. The van der Waals surface area contributed by atoms with E-state index in [4.69, 9.17) is 0 Å². The molecule has 0 radical (unpaired) electrons. The Morgan fingerprint density at radius 3 is 2.61 bits per heavy atom. The van der Waals surface area contributed by atoms with Gasteiger partial charge in [-0.25, -0.2) is 4.39 Å². The van der Waals surface area contributed by atoms with Crippen LogP contribution in [0.4, 0.5) is 4.39 Å². The predicted octanol–water partition coefficient (Wildman–Crippen LogP) is 1.73. The number of carbonyl (C=O) groups excluding carboxylic acids is 1. The normalized spacial score (nSPS) is 22.8. The minimum atomic E-state index is -0.703. The lowest BCUT2D eigenvalue weighted by Gasteiger charge is -2.45. The van der Waals surface area contributed by atoms with Crippen molar-refractivity contribution in [2.24, 2.45) is 5.41 Å². The number of benzene rings is 2. The monoisotopic (exact) mass is 386 g/mol. The molecule has 0 spiro atoms. The first-order valence-electron chi connectivity index (χ1n) is 9.58. The molecule has 5 nitrogen and oxygen atoms in total. The molecular formula is C22H27FN2O3. The molecule has 1 saturated heterocycles. The Kier molecular flexibility index (Phi) is 6.78. The first kappa shape index (κ1) is 20.5. The zero-order chi connectivity index (χ0) is 20.0. The van der Waals surface area contributed by atoms with Crippen LogP contribution >= 0.6 is 0 Å². The minimum Gasteiger partial charge on any atom is -0.396 e. The first-order valence-corrected chi connectivity index (χ1v) is 9.58. The molecule has 0 aliphatic carbocycles. The summed E-state index contributed by atoms with van der Waals surface area (Å²) in [6.45, 7) is 1.13. The molecule has 1 amide bonds. The molecule has 6 heteroatoms. The molecular weight excluding hydrogens is 359 g/mol. The van der Waals surface area contributed by atoms with Gasteiger partial charge in [0.25, 0.3) is 0 Å². The summed E-state index contributed by atoms with van der Waals surface area (Å²) in [5.74, 6) is -0.544. The van der Waals surface area contributed by atoms with Crippen molar-refractivity contribution < 1.29 is 19.4 Å². The Labute approximate surface area is 164 Å². The third kappa shape index (κ3) is 4.95. The Morgan fingerprint density at radius 2 is 1.89 bits per heavy atom. The van der Waals surface area contributed by atoms with E-state index in [9.17, 15) is 19.4 Å². The van der Waals surface area contributed by atoms with Gasteiger partial charge in [0, 0.05) is 30.6 Å². The minimum absolute atomic E-state index is 0.136. The Balaban J connectivity index is 1.60. The van der Waals surface area contributed by atoms with Gasteiger partial charge in [-0.05, 0) is 24.5 Å². The van der Waals surface area contributed by atoms with Gasteiger partial charge in [0.1, 0.15) is 5.82 Å². The van der Waals surface area contributed by atoms with E-state index in [0.717, 1.165) is 5.56 Å². The van der Waals surface area contributed by atoms with Crippen molar-refractivity contribution in [1.82, 2.24) is 10.2 Å². The molecule has 2 aromatic rings. The van der Waals surface area contributed by atoms with Crippen LogP contribution in [0.15, 0.2) is 54.6 Å². The number of hydrogen-bond acceptors (Lipinski definition) is 4. The number of nitrogens with one attached hydrogen (secondary N) is 1. The lowest BCUT2D eigenvalue weighted by atomic mass is 9.73. The average Bonchev–Trinajstić information content (AvgIpc) is 2.71. The van der Waals surface area contributed by atoms with E-state index in [-0.39, 0.29) is 31.4 Å². The summed E-state index contributed by atoms with van der Waals surface area (Å²) < 4.78 is 13.7. The topological polar surface area (TPSA) is 72.8 Å². The molecule has 0 unspecified atom stereocenters. The quantitative estimate of drug-likeness (QED) is 0.678. The summed E-state index contributed by atoms with van der Waals surface area (Å²) in [6, 6.07) is 16.1. The van der Waals surface area contributed by atoms with Crippen LogP contribution in [-0.4, -0.2) is 53.4 Å². The fourth-order valence-electron chi connectivity index (χ4n) is 3.86. The third-order valence-electron chi connectivity index (χ3n) is 5.48. The molecule has 1 aliphatic heterocycles. The maximum absolute atomic E-state index is 13.7. The van der Waals surface area contributed by atoms with Crippen LogP contribution in [0.3, 0.4) is 0 Å². The van der Waals surface area contributed by atoms with Crippen LogP contribution in [0.1, 0.15) is 17.5 Å². The van der Waals surface area contributed by atoms with E-state index >= 15 is 0 Å². The molecule has 0 bridgehead atoms. The van der Waals surface area contributed by atoms with E-state index in [0.29, 0.717) is 31.5 Å². The summed E-state index contributed by atoms with van der Waals surface area (Å²) in [5.41, 5.74) is 0.783. The highest BCUT2D eigenvalue weighted by Gasteiger charge is 2.42. The predicted molar refractivity (Wildman–Crippen MR) is 105 cm³/mol. The van der Waals surface area contributed by atoms with Gasteiger partial charge >= 0.3 is 0 Å². The van der Waals surface area contributed by atoms with Gasteiger partial charge in [0.15, 0.2) is 0 Å². The highest BCUT2D eigenvalue weighted by atomic mass is 19.1. The van der Waals surface area contributed by atoms with E-state index in [1.54, 1.807) is 18.2 Å². The van der Waals surface area contributed by atoms with Crippen molar-refractivity contribution in [2.75, 3.05) is 26.2 Å². The third-order valence-corrected chi connectivity index (χ3v) is 5.48. The highest BCUT2D eigenvalue weighted by molar-refractivity contribution is 5.78. The van der Waals surface area contributed by atoms with Crippen LogP contribution in [0, 0.1) is 11.2 Å². The zero-order valence-electron chi connectivity index (χ0n) is 15.9. The fraction of sp³-hybridized carbons (Fsp3) is 0.409. The van der Waals surface area contributed by atoms with Gasteiger partial charge in [0.05, 0.1) is 19.3 Å². The van der Waals surface area contributed by atoms with Gasteiger partial charge in [-0.3, -0.25) is 9.69 Å². The second-order valence-electron chi connectivity index (χ2n) is 7.57. The van der Waals surface area contributed by atoms with Crippen molar-refractivity contribution in [3.05, 3.63) is 71.5 Å². The fourth-order valence-corrected chi connectivity index (χ4v) is 3.86. The molecule has 2 atom stereocenters. The number of likely N-dealkylation sites (tertiary alicyclic amines) is 1. The molecule has 0 aromatic heterocycles. The van der Waals surface area contributed by atoms with Crippen LogP contribution in [0.2, 0.25) is 0 Å². The number of carbonyl (C=O) groups is 1. The summed E-state index contributed by atoms with van der Waals surface area (Å²) in [5, 5.41) is 23.4. The molecule has 2 aromatic carbocycles. The molecule has 3 N–H and O–H groups in total. The molecule has 28 heavy (non-hydrogen) atoms. The van der Waals surface area contributed by atoms with Crippen LogP contribution in [-0.2, 0) is 17.8 Å². The number of halogens is 1. The Bertz CT molecular complexity index is 786. The summed E-state index contributed by atoms with van der Waals surface area (Å²) in [4.78, 5) is 14.3. The molecule has 1 fully saturated rings. The van der Waals surface area contributed by atoms with Crippen LogP contribution < -0.4 is 5.32 Å². The number of nitrogens with zero attached hydrogens (tertiary/aromatic N) is 1. The summed E-state index contributed by atoms with van der Waals surface area (Å²) in [6.07, 6.45) is 0.405. The maximum Gasteiger partial charge on any atom is 0.234 e. The molecule has 150 valence electrons. The Hall–Kier alpha value is -2.28. The van der Waals surface area contributed by atoms with Gasteiger partial charge in [-0.15, -0.1) is 0 Å². The second kappa shape index (κ2) is 9.28. The maximum atomic E-state index is 13.7. The number of aliphatic hydroxyl groups is 2. The van der Waals surface area contributed by atoms with Crippen molar-refractivity contribution in [2.45, 2.75) is 25.5 Å². The number of amides is 1. The van der Waals surface area contributed by atoms with E-state index in [2.05, 4.69) is 5.32 Å². The van der Waals surface area contributed by atoms with Gasteiger partial charge in [0.2, 0.25) is 5.91 Å².